The molecule has 0 aliphatic rings. The van der Waals surface area contributed by atoms with Crippen LogP contribution in [0.4, 0.5) is 0 Å². The second-order valence-electron chi connectivity index (χ2n) is 3.31. The van der Waals surface area contributed by atoms with E-state index in [-0.39, 0.29) is 0 Å². The molecule has 2 N–H and O–H groups in total. The molecule has 0 radical (unpaired) electrons. The van der Waals surface area contributed by atoms with Crippen molar-refractivity contribution in [1.29, 1.82) is 0 Å². The van der Waals surface area contributed by atoms with Gasteiger partial charge in [-0.15, -0.1) is 0 Å². The summed E-state index contributed by atoms with van der Waals surface area (Å²) < 4.78 is 10.3. The molecule has 0 spiro atoms. The Morgan fingerprint density at radius 1 is 1.38 bits per heavy atom. The highest BCUT2D eigenvalue weighted by Gasteiger charge is 2.17. The van der Waals surface area contributed by atoms with Gasteiger partial charge in [0.15, 0.2) is 0 Å². The number of aliphatic hydroxyl groups excluding tert-OH is 1. The second-order valence-corrected chi connectivity index (χ2v) is 3.71. The molecule has 0 fully saturated rings. The molecule has 0 saturated carbocycles. The Hall–Kier alpha value is -0.970. The minimum absolute atomic E-state index is 0.417. The fraction of sp³-hybridized carbons (Fsp3) is 0.455. The van der Waals surface area contributed by atoms with Gasteiger partial charge >= 0.3 is 0 Å². The van der Waals surface area contributed by atoms with E-state index in [1.54, 1.807) is 26.3 Å². The second kappa shape index (κ2) is 5.94. The first-order valence-corrected chi connectivity index (χ1v) is 5.26. The van der Waals surface area contributed by atoms with E-state index >= 15 is 0 Å². The summed E-state index contributed by atoms with van der Waals surface area (Å²) >= 11 is 6.02. The standard InChI is InChI=1S/C11H16ClNO3/c1-13-6-10(14)8-4-7(15-2)5-9(12)11(8)16-3/h4-5,10,13-14H,6H2,1-3H3. The lowest BCUT2D eigenvalue weighted by atomic mass is 10.1. The molecule has 4 nitrogen and oxygen atoms in total. The summed E-state index contributed by atoms with van der Waals surface area (Å²) in [5.41, 5.74) is 0.612. The molecular formula is C11H16ClNO3. The van der Waals surface area contributed by atoms with Crippen molar-refractivity contribution in [3.05, 3.63) is 22.7 Å². The average Bonchev–Trinajstić information content (AvgIpc) is 2.28. The van der Waals surface area contributed by atoms with Crippen LogP contribution in [0.1, 0.15) is 11.7 Å². The van der Waals surface area contributed by atoms with Crippen molar-refractivity contribution in [3.8, 4) is 11.5 Å². The van der Waals surface area contributed by atoms with Crippen LogP contribution >= 0.6 is 11.6 Å². The first-order valence-electron chi connectivity index (χ1n) is 4.88. The van der Waals surface area contributed by atoms with E-state index in [9.17, 15) is 5.11 Å². The fourth-order valence-corrected chi connectivity index (χ4v) is 1.77. The van der Waals surface area contributed by atoms with Crippen LogP contribution in [0.15, 0.2) is 12.1 Å². The first-order chi connectivity index (χ1) is 7.63. The number of hydrogen-bond donors (Lipinski definition) is 2. The maximum Gasteiger partial charge on any atom is 0.143 e. The van der Waals surface area contributed by atoms with E-state index < -0.39 is 6.10 Å². The molecule has 5 heteroatoms. The molecule has 1 unspecified atom stereocenters. The lowest BCUT2D eigenvalue weighted by Gasteiger charge is -2.16. The van der Waals surface area contributed by atoms with Crippen LogP contribution in [0, 0.1) is 0 Å². The molecule has 0 bridgehead atoms. The smallest absolute Gasteiger partial charge is 0.143 e. The van der Waals surface area contributed by atoms with E-state index in [1.807, 2.05) is 0 Å². The topological polar surface area (TPSA) is 50.7 Å². The number of benzene rings is 1. The number of methoxy groups -OCH3 is 2. The lowest BCUT2D eigenvalue weighted by Crippen LogP contribution is -2.17. The molecule has 0 aliphatic carbocycles. The predicted octanol–water partition coefficient (Wildman–Crippen LogP) is 1.61. The highest BCUT2D eigenvalue weighted by atomic mass is 35.5. The van der Waals surface area contributed by atoms with Crippen molar-refractivity contribution in [2.24, 2.45) is 0 Å². The Bertz CT molecular complexity index is 357. The zero-order valence-electron chi connectivity index (χ0n) is 9.58. The third-order valence-corrected chi connectivity index (χ3v) is 2.52. The largest absolute Gasteiger partial charge is 0.497 e. The number of halogens is 1. The summed E-state index contributed by atoms with van der Waals surface area (Å²) in [5, 5.41) is 13.2. The van der Waals surface area contributed by atoms with Crippen molar-refractivity contribution < 1.29 is 14.6 Å². The summed E-state index contributed by atoms with van der Waals surface area (Å²) in [7, 11) is 4.83. The fourth-order valence-electron chi connectivity index (χ4n) is 1.47. The first kappa shape index (κ1) is 13.1. The van der Waals surface area contributed by atoms with Crippen molar-refractivity contribution >= 4 is 11.6 Å². The van der Waals surface area contributed by atoms with E-state index in [1.165, 1.54) is 7.11 Å². The van der Waals surface area contributed by atoms with Gasteiger partial charge in [-0.1, -0.05) is 11.6 Å². The maximum atomic E-state index is 9.92. The van der Waals surface area contributed by atoms with E-state index in [2.05, 4.69) is 5.32 Å². The SMILES string of the molecule is CNCC(O)c1cc(OC)cc(Cl)c1OC. The molecule has 90 valence electrons. The van der Waals surface area contributed by atoms with Gasteiger partial charge in [0.2, 0.25) is 0 Å². The molecule has 16 heavy (non-hydrogen) atoms. The maximum absolute atomic E-state index is 9.92. The van der Waals surface area contributed by atoms with Crippen LogP contribution in [0.3, 0.4) is 0 Å². The number of ether oxygens (including phenoxy) is 2. The highest BCUT2D eigenvalue weighted by molar-refractivity contribution is 6.32. The van der Waals surface area contributed by atoms with Gasteiger partial charge in [0.25, 0.3) is 0 Å². The van der Waals surface area contributed by atoms with Gasteiger partial charge in [-0.2, -0.15) is 0 Å². The van der Waals surface area contributed by atoms with Crippen molar-refractivity contribution in [2.75, 3.05) is 27.8 Å². The van der Waals surface area contributed by atoms with Crippen molar-refractivity contribution in [1.82, 2.24) is 5.32 Å². The lowest BCUT2D eigenvalue weighted by molar-refractivity contribution is 0.173. The van der Waals surface area contributed by atoms with Gasteiger partial charge in [-0.05, 0) is 13.1 Å². The van der Waals surface area contributed by atoms with Crippen LogP contribution in [-0.4, -0.2) is 32.9 Å². The van der Waals surface area contributed by atoms with Gasteiger partial charge in [0, 0.05) is 18.2 Å². The summed E-state index contributed by atoms with van der Waals surface area (Å²) in [4.78, 5) is 0. The number of hydrogen-bond acceptors (Lipinski definition) is 4. The number of aliphatic hydroxyl groups is 1. The molecule has 1 rings (SSSR count). The van der Waals surface area contributed by atoms with E-state index in [4.69, 9.17) is 21.1 Å². The van der Waals surface area contributed by atoms with Gasteiger partial charge in [-0.3, -0.25) is 0 Å². The van der Waals surface area contributed by atoms with Crippen LogP contribution in [0.25, 0.3) is 0 Å². The molecule has 0 amide bonds. The minimum Gasteiger partial charge on any atom is -0.497 e. The Kier molecular flexibility index (Phi) is 4.86. The van der Waals surface area contributed by atoms with Gasteiger partial charge in [0.05, 0.1) is 25.3 Å². The quantitative estimate of drug-likeness (QED) is 0.828. The monoisotopic (exact) mass is 245 g/mol. The zero-order valence-corrected chi connectivity index (χ0v) is 10.3. The van der Waals surface area contributed by atoms with E-state index in [0.29, 0.717) is 28.6 Å². The predicted molar refractivity (Wildman–Crippen MR) is 63.4 cm³/mol. The molecule has 0 heterocycles. The van der Waals surface area contributed by atoms with E-state index in [0.717, 1.165) is 0 Å². The molecule has 1 atom stereocenters. The molecular weight excluding hydrogens is 230 g/mol. The molecule has 0 saturated heterocycles. The minimum atomic E-state index is -0.687. The van der Waals surface area contributed by atoms with Crippen molar-refractivity contribution in [2.45, 2.75) is 6.10 Å². The van der Waals surface area contributed by atoms with Gasteiger partial charge in [-0.25, -0.2) is 0 Å². The van der Waals surface area contributed by atoms with Crippen molar-refractivity contribution in [3.63, 3.8) is 0 Å². The Labute approximate surface area is 100 Å². The highest BCUT2D eigenvalue weighted by Crippen LogP contribution is 2.36. The summed E-state index contributed by atoms with van der Waals surface area (Å²) in [6, 6.07) is 3.36. The Morgan fingerprint density at radius 3 is 2.56 bits per heavy atom. The van der Waals surface area contributed by atoms with Crippen LogP contribution in [0.2, 0.25) is 5.02 Å². The number of rotatable bonds is 5. The normalized spacial score (nSPS) is 12.3. The average molecular weight is 246 g/mol. The third kappa shape index (κ3) is 2.78. The van der Waals surface area contributed by atoms with Gasteiger partial charge in [0.1, 0.15) is 11.5 Å². The Balaban J connectivity index is 3.16. The molecule has 1 aromatic rings. The van der Waals surface area contributed by atoms with Crippen LogP contribution in [0.5, 0.6) is 11.5 Å². The zero-order chi connectivity index (χ0) is 12.1. The molecule has 1 aromatic carbocycles. The summed E-state index contributed by atoms with van der Waals surface area (Å²) in [6.07, 6.45) is -0.687. The van der Waals surface area contributed by atoms with Gasteiger partial charge < -0.3 is 19.9 Å². The Morgan fingerprint density at radius 2 is 2.06 bits per heavy atom. The summed E-state index contributed by atoms with van der Waals surface area (Å²) in [5.74, 6) is 1.07. The van der Waals surface area contributed by atoms with Crippen LogP contribution < -0.4 is 14.8 Å². The number of likely N-dealkylation sites (N-methyl/N-ethyl adjacent to an activating group) is 1. The molecule has 0 aromatic heterocycles. The molecule has 0 aliphatic heterocycles. The van der Waals surface area contributed by atoms with Crippen LogP contribution in [-0.2, 0) is 0 Å². The summed E-state index contributed by atoms with van der Waals surface area (Å²) in [6.45, 7) is 0.417. The number of nitrogens with one attached hydrogen (secondary N) is 1. The third-order valence-electron chi connectivity index (χ3n) is 2.24.